The summed E-state index contributed by atoms with van der Waals surface area (Å²) in [6.45, 7) is 7.08. The number of fused-ring (bicyclic) bond motifs is 1. The number of carbonyl (C=O) groups excluding carboxylic acids is 2. The Kier molecular flexibility index (Phi) is 5.76. The minimum absolute atomic E-state index is 0.0601. The molecular formula is C21H22N2O4. The first-order valence-electron chi connectivity index (χ1n) is 8.82. The van der Waals surface area contributed by atoms with Gasteiger partial charge in [-0.25, -0.2) is 0 Å². The summed E-state index contributed by atoms with van der Waals surface area (Å²) in [7, 11) is 0. The van der Waals surface area contributed by atoms with Crippen LogP contribution >= 0.6 is 0 Å². The molecule has 2 amide bonds. The number of rotatable bonds is 8. The van der Waals surface area contributed by atoms with Crippen LogP contribution < -0.4 is 14.8 Å². The van der Waals surface area contributed by atoms with Gasteiger partial charge in [-0.15, -0.1) is 0 Å². The summed E-state index contributed by atoms with van der Waals surface area (Å²) in [6.07, 6.45) is 0. The van der Waals surface area contributed by atoms with E-state index >= 15 is 0 Å². The van der Waals surface area contributed by atoms with Crippen molar-refractivity contribution < 1.29 is 19.1 Å². The summed E-state index contributed by atoms with van der Waals surface area (Å²) in [5.41, 5.74) is 1.90. The van der Waals surface area contributed by atoms with Gasteiger partial charge in [0.05, 0.1) is 13.2 Å². The smallest absolute Gasteiger partial charge is 0.259 e. The van der Waals surface area contributed by atoms with Crippen molar-refractivity contribution in [2.24, 2.45) is 0 Å². The number of hydrogen-bond donors (Lipinski definition) is 1. The van der Waals surface area contributed by atoms with E-state index in [1.807, 2.05) is 43.3 Å². The molecule has 0 unspecified atom stereocenters. The molecule has 2 aromatic carbocycles. The van der Waals surface area contributed by atoms with Crippen molar-refractivity contribution in [3.8, 4) is 11.5 Å². The standard InChI is InChI=1S/C21H22N2O4/c1-3-26-16-8-10-17(11-9-16)27-13-12-22-20(24)14-23-15(2)18-6-4-5-7-19(18)21(23)25/h4-11H,2-3,12-14H2,1H3,(H,22,24). The first-order chi connectivity index (χ1) is 13.1. The molecule has 140 valence electrons. The number of benzene rings is 2. The van der Waals surface area contributed by atoms with Crippen molar-refractivity contribution in [1.82, 2.24) is 10.2 Å². The van der Waals surface area contributed by atoms with E-state index in [1.165, 1.54) is 4.90 Å². The maximum Gasteiger partial charge on any atom is 0.259 e. The van der Waals surface area contributed by atoms with Gasteiger partial charge in [0.15, 0.2) is 0 Å². The molecule has 0 saturated heterocycles. The van der Waals surface area contributed by atoms with Crippen LogP contribution in [0, 0.1) is 0 Å². The summed E-state index contributed by atoms with van der Waals surface area (Å²) < 4.78 is 11.0. The Morgan fingerprint density at radius 1 is 1.04 bits per heavy atom. The zero-order valence-corrected chi connectivity index (χ0v) is 15.2. The first kappa shape index (κ1) is 18.5. The molecule has 0 aromatic heterocycles. The van der Waals surface area contributed by atoms with Crippen LogP contribution in [0.3, 0.4) is 0 Å². The molecule has 0 radical (unpaired) electrons. The van der Waals surface area contributed by atoms with E-state index in [4.69, 9.17) is 9.47 Å². The maximum atomic E-state index is 12.4. The molecule has 27 heavy (non-hydrogen) atoms. The van der Waals surface area contributed by atoms with Gasteiger partial charge in [-0.05, 0) is 37.3 Å². The Bertz CT molecular complexity index is 811. The minimum atomic E-state index is -0.257. The van der Waals surface area contributed by atoms with Crippen LogP contribution in [-0.2, 0) is 4.79 Å². The molecule has 2 aromatic rings. The van der Waals surface area contributed by atoms with Crippen LogP contribution in [0.4, 0.5) is 0 Å². The zero-order chi connectivity index (χ0) is 19.2. The van der Waals surface area contributed by atoms with E-state index < -0.39 is 0 Å². The third-order valence-electron chi connectivity index (χ3n) is 4.17. The van der Waals surface area contributed by atoms with Crippen LogP contribution in [0.15, 0.2) is 55.1 Å². The van der Waals surface area contributed by atoms with E-state index in [0.29, 0.717) is 36.8 Å². The zero-order valence-electron chi connectivity index (χ0n) is 15.2. The Balaban J connectivity index is 1.43. The van der Waals surface area contributed by atoms with E-state index in [0.717, 1.165) is 11.3 Å². The van der Waals surface area contributed by atoms with Gasteiger partial charge in [0, 0.05) is 16.8 Å². The van der Waals surface area contributed by atoms with Gasteiger partial charge in [-0.3, -0.25) is 14.5 Å². The average Bonchev–Trinajstić information content (AvgIpc) is 2.92. The highest BCUT2D eigenvalue weighted by Gasteiger charge is 2.31. The van der Waals surface area contributed by atoms with Crippen LogP contribution in [0.5, 0.6) is 11.5 Å². The quantitative estimate of drug-likeness (QED) is 0.730. The van der Waals surface area contributed by atoms with Crippen molar-refractivity contribution >= 4 is 17.5 Å². The Labute approximate surface area is 158 Å². The van der Waals surface area contributed by atoms with Gasteiger partial charge in [0.25, 0.3) is 5.91 Å². The highest BCUT2D eigenvalue weighted by molar-refractivity contribution is 6.10. The van der Waals surface area contributed by atoms with Crippen LogP contribution in [-0.4, -0.2) is 43.0 Å². The fourth-order valence-electron chi connectivity index (χ4n) is 2.86. The molecule has 0 bridgehead atoms. The minimum Gasteiger partial charge on any atom is -0.494 e. The summed E-state index contributed by atoms with van der Waals surface area (Å²) in [5.74, 6) is 1.03. The molecular weight excluding hydrogens is 344 g/mol. The van der Waals surface area contributed by atoms with Crippen LogP contribution in [0.25, 0.3) is 5.70 Å². The van der Waals surface area contributed by atoms with Crippen LogP contribution in [0.1, 0.15) is 22.8 Å². The van der Waals surface area contributed by atoms with Gasteiger partial charge < -0.3 is 14.8 Å². The van der Waals surface area contributed by atoms with Gasteiger partial charge in [0.2, 0.25) is 5.91 Å². The molecule has 1 aliphatic heterocycles. The third kappa shape index (κ3) is 4.28. The lowest BCUT2D eigenvalue weighted by Crippen LogP contribution is -2.38. The third-order valence-corrected chi connectivity index (χ3v) is 4.17. The van der Waals surface area contributed by atoms with Gasteiger partial charge in [-0.1, -0.05) is 24.8 Å². The molecule has 0 atom stereocenters. The lowest BCUT2D eigenvalue weighted by molar-refractivity contribution is -0.121. The normalized spacial score (nSPS) is 12.7. The van der Waals surface area contributed by atoms with Gasteiger partial charge >= 0.3 is 0 Å². The Morgan fingerprint density at radius 2 is 1.67 bits per heavy atom. The number of carbonyl (C=O) groups is 2. The summed E-state index contributed by atoms with van der Waals surface area (Å²) in [4.78, 5) is 25.9. The maximum absolute atomic E-state index is 12.4. The summed E-state index contributed by atoms with van der Waals surface area (Å²) >= 11 is 0. The number of amides is 2. The van der Waals surface area contributed by atoms with Gasteiger partial charge in [0.1, 0.15) is 24.7 Å². The van der Waals surface area contributed by atoms with E-state index in [-0.39, 0.29) is 18.4 Å². The molecule has 0 aliphatic carbocycles. The number of ether oxygens (including phenoxy) is 2. The van der Waals surface area contributed by atoms with Crippen molar-refractivity contribution in [3.05, 3.63) is 66.2 Å². The van der Waals surface area contributed by atoms with E-state index in [1.54, 1.807) is 12.1 Å². The predicted octanol–water partition coefficient (Wildman–Crippen LogP) is 2.71. The lowest BCUT2D eigenvalue weighted by Gasteiger charge is -2.17. The number of nitrogens with zero attached hydrogens (tertiary/aromatic N) is 1. The fourth-order valence-corrected chi connectivity index (χ4v) is 2.86. The molecule has 1 heterocycles. The van der Waals surface area contributed by atoms with Crippen molar-refractivity contribution in [2.75, 3.05) is 26.3 Å². The predicted molar refractivity (Wildman–Crippen MR) is 103 cm³/mol. The second kappa shape index (κ2) is 8.40. The SMILES string of the molecule is C=C1c2ccccc2C(=O)N1CC(=O)NCCOc1ccc(OCC)cc1. The molecule has 0 spiro atoms. The Morgan fingerprint density at radius 3 is 2.30 bits per heavy atom. The molecule has 6 nitrogen and oxygen atoms in total. The second-order valence-electron chi connectivity index (χ2n) is 5.99. The van der Waals surface area contributed by atoms with Crippen molar-refractivity contribution in [3.63, 3.8) is 0 Å². The van der Waals surface area contributed by atoms with Crippen molar-refractivity contribution in [1.29, 1.82) is 0 Å². The fraction of sp³-hybridized carbons (Fsp3) is 0.238. The Hall–Kier alpha value is -3.28. The van der Waals surface area contributed by atoms with Crippen molar-refractivity contribution in [2.45, 2.75) is 6.92 Å². The first-order valence-corrected chi connectivity index (χ1v) is 8.82. The highest BCUT2D eigenvalue weighted by Crippen LogP contribution is 2.30. The molecule has 1 aliphatic rings. The monoisotopic (exact) mass is 366 g/mol. The van der Waals surface area contributed by atoms with E-state index in [9.17, 15) is 9.59 Å². The lowest BCUT2D eigenvalue weighted by atomic mass is 10.1. The molecule has 1 N–H and O–H groups in total. The molecule has 0 fully saturated rings. The summed E-state index contributed by atoms with van der Waals surface area (Å²) in [5, 5.41) is 2.76. The second-order valence-corrected chi connectivity index (χ2v) is 5.99. The van der Waals surface area contributed by atoms with Crippen LogP contribution in [0.2, 0.25) is 0 Å². The van der Waals surface area contributed by atoms with Gasteiger partial charge in [-0.2, -0.15) is 0 Å². The molecule has 3 rings (SSSR count). The number of hydrogen-bond acceptors (Lipinski definition) is 4. The topological polar surface area (TPSA) is 67.9 Å². The average molecular weight is 366 g/mol. The highest BCUT2D eigenvalue weighted by atomic mass is 16.5. The molecule has 0 saturated carbocycles. The largest absolute Gasteiger partial charge is 0.494 e. The molecule has 6 heteroatoms. The van der Waals surface area contributed by atoms with E-state index in [2.05, 4.69) is 11.9 Å². The number of nitrogens with one attached hydrogen (secondary N) is 1. The summed E-state index contributed by atoms with van der Waals surface area (Å²) in [6, 6.07) is 14.5.